The SMILES string of the molecule is O=C(c1ccn(Cc2cccc(Br)c2)n1)c1cncnc1NC1CCC(CO)C1. The van der Waals surface area contributed by atoms with Crippen LogP contribution in [0.3, 0.4) is 0 Å². The second-order valence-electron chi connectivity index (χ2n) is 7.35. The molecule has 1 aliphatic rings. The lowest BCUT2D eigenvalue weighted by molar-refractivity contribution is 0.103. The van der Waals surface area contributed by atoms with Crippen molar-refractivity contribution in [1.29, 1.82) is 0 Å². The molecule has 8 heteroatoms. The Morgan fingerprint density at radius 1 is 1.31 bits per heavy atom. The molecule has 2 unspecified atom stereocenters. The third kappa shape index (κ3) is 4.71. The predicted octanol–water partition coefficient (Wildman–Crippen LogP) is 3.29. The summed E-state index contributed by atoms with van der Waals surface area (Å²) in [4.78, 5) is 21.3. The van der Waals surface area contributed by atoms with Gasteiger partial charge in [0, 0.05) is 29.5 Å². The van der Waals surface area contributed by atoms with E-state index in [4.69, 9.17) is 0 Å². The van der Waals surface area contributed by atoms with E-state index in [9.17, 15) is 9.90 Å². The maximum atomic E-state index is 13.0. The number of aliphatic hydroxyl groups excluding tert-OH is 1. The van der Waals surface area contributed by atoms with Crippen molar-refractivity contribution in [3.63, 3.8) is 0 Å². The molecule has 7 nitrogen and oxygen atoms in total. The Balaban J connectivity index is 1.49. The fourth-order valence-corrected chi connectivity index (χ4v) is 4.15. The zero-order chi connectivity index (χ0) is 20.2. The van der Waals surface area contributed by atoms with Gasteiger partial charge in [-0.25, -0.2) is 9.97 Å². The second kappa shape index (κ2) is 8.84. The molecule has 29 heavy (non-hydrogen) atoms. The van der Waals surface area contributed by atoms with E-state index in [1.165, 1.54) is 12.5 Å². The van der Waals surface area contributed by atoms with Crippen molar-refractivity contribution >= 4 is 27.5 Å². The first kappa shape index (κ1) is 19.7. The van der Waals surface area contributed by atoms with E-state index in [2.05, 4.69) is 36.3 Å². The maximum Gasteiger partial charge on any atom is 0.218 e. The van der Waals surface area contributed by atoms with Gasteiger partial charge in [0.1, 0.15) is 17.8 Å². The summed E-state index contributed by atoms with van der Waals surface area (Å²) in [5.74, 6) is 0.620. The highest BCUT2D eigenvalue weighted by Gasteiger charge is 2.26. The number of carbonyl (C=O) groups is 1. The highest BCUT2D eigenvalue weighted by molar-refractivity contribution is 9.10. The summed E-state index contributed by atoms with van der Waals surface area (Å²) in [5.41, 5.74) is 1.86. The van der Waals surface area contributed by atoms with Crippen LogP contribution in [0.25, 0.3) is 0 Å². The Hall–Kier alpha value is -2.58. The van der Waals surface area contributed by atoms with Crippen LogP contribution in [0.15, 0.2) is 53.5 Å². The Morgan fingerprint density at radius 2 is 2.21 bits per heavy atom. The minimum absolute atomic E-state index is 0.197. The van der Waals surface area contributed by atoms with Gasteiger partial charge >= 0.3 is 0 Å². The van der Waals surface area contributed by atoms with Crippen molar-refractivity contribution < 1.29 is 9.90 Å². The van der Waals surface area contributed by atoms with E-state index >= 15 is 0 Å². The van der Waals surface area contributed by atoms with Crippen LogP contribution in [-0.2, 0) is 6.54 Å². The number of aliphatic hydroxyl groups is 1. The number of ketones is 1. The lowest BCUT2D eigenvalue weighted by Gasteiger charge is -2.15. The van der Waals surface area contributed by atoms with E-state index in [0.29, 0.717) is 29.5 Å². The zero-order valence-electron chi connectivity index (χ0n) is 15.8. The number of carbonyl (C=O) groups excluding carboxylic acids is 1. The van der Waals surface area contributed by atoms with Crippen LogP contribution in [-0.4, -0.2) is 43.3 Å². The number of nitrogens with one attached hydrogen (secondary N) is 1. The molecule has 2 atom stereocenters. The molecule has 0 radical (unpaired) electrons. The first-order valence-electron chi connectivity index (χ1n) is 9.62. The molecule has 4 rings (SSSR count). The number of hydrogen-bond acceptors (Lipinski definition) is 6. The molecular formula is C21H22BrN5O2. The summed E-state index contributed by atoms with van der Waals surface area (Å²) in [6, 6.07) is 9.90. The summed E-state index contributed by atoms with van der Waals surface area (Å²) in [6.07, 6.45) is 7.56. The fourth-order valence-electron chi connectivity index (χ4n) is 3.71. The van der Waals surface area contributed by atoms with Crippen molar-refractivity contribution in [3.8, 4) is 0 Å². The molecule has 1 fully saturated rings. The van der Waals surface area contributed by atoms with Gasteiger partial charge < -0.3 is 10.4 Å². The molecule has 2 N–H and O–H groups in total. The summed E-state index contributed by atoms with van der Waals surface area (Å²) >= 11 is 3.47. The number of halogens is 1. The van der Waals surface area contributed by atoms with Crippen molar-refractivity contribution in [1.82, 2.24) is 19.7 Å². The van der Waals surface area contributed by atoms with Gasteiger partial charge in [-0.3, -0.25) is 9.48 Å². The van der Waals surface area contributed by atoms with Gasteiger partial charge in [0.25, 0.3) is 0 Å². The molecule has 2 aromatic heterocycles. The Kier molecular flexibility index (Phi) is 6.01. The first-order valence-corrected chi connectivity index (χ1v) is 10.4. The minimum Gasteiger partial charge on any atom is -0.396 e. The van der Waals surface area contributed by atoms with Gasteiger partial charge in [-0.2, -0.15) is 5.10 Å². The number of hydrogen-bond donors (Lipinski definition) is 2. The minimum atomic E-state index is -0.210. The monoisotopic (exact) mass is 455 g/mol. The molecule has 0 amide bonds. The number of nitrogens with zero attached hydrogens (tertiary/aromatic N) is 4. The van der Waals surface area contributed by atoms with Crippen LogP contribution in [0.4, 0.5) is 5.82 Å². The van der Waals surface area contributed by atoms with Gasteiger partial charge in [-0.05, 0) is 48.9 Å². The quantitative estimate of drug-likeness (QED) is 0.530. The average molecular weight is 456 g/mol. The second-order valence-corrected chi connectivity index (χ2v) is 8.26. The van der Waals surface area contributed by atoms with Gasteiger partial charge in [-0.1, -0.05) is 28.1 Å². The van der Waals surface area contributed by atoms with Crippen molar-refractivity contribution in [2.75, 3.05) is 11.9 Å². The van der Waals surface area contributed by atoms with E-state index in [0.717, 1.165) is 29.3 Å². The van der Waals surface area contributed by atoms with Gasteiger partial charge in [0.05, 0.1) is 12.1 Å². The van der Waals surface area contributed by atoms with Crippen LogP contribution in [0.2, 0.25) is 0 Å². The topological polar surface area (TPSA) is 92.9 Å². The smallest absolute Gasteiger partial charge is 0.218 e. The molecule has 1 saturated carbocycles. The van der Waals surface area contributed by atoms with E-state index in [1.54, 1.807) is 16.9 Å². The molecular weight excluding hydrogens is 434 g/mol. The van der Waals surface area contributed by atoms with Crippen LogP contribution < -0.4 is 5.32 Å². The summed E-state index contributed by atoms with van der Waals surface area (Å²) in [6.45, 7) is 0.775. The molecule has 150 valence electrons. The summed E-state index contributed by atoms with van der Waals surface area (Å²) in [7, 11) is 0. The molecule has 0 saturated heterocycles. The Bertz CT molecular complexity index is 1010. The molecule has 0 spiro atoms. The lowest BCUT2D eigenvalue weighted by Crippen LogP contribution is -2.20. The fraction of sp³-hybridized carbons (Fsp3) is 0.333. The van der Waals surface area contributed by atoms with E-state index in [-0.39, 0.29) is 18.4 Å². The van der Waals surface area contributed by atoms with Gasteiger partial charge in [0.15, 0.2) is 0 Å². The summed E-state index contributed by atoms with van der Waals surface area (Å²) in [5, 5.41) is 17.1. The van der Waals surface area contributed by atoms with Crippen molar-refractivity contribution in [2.24, 2.45) is 5.92 Å². The number of anilines is 1. The zero-order valence-corrected chi connectivity index (χ0v) is 17.4. The molecule has 0 bridgehead atoms. The largest absolute Gasteiger partial charge is 0.396 e. The standard InChI is InChI=1S/C21H22BrN5O2/c22-16-3-1-2-14(8-16)11-27-7-6-19(26-27)20(29)18-10-23-13-24-21(18)25-17-5-4-15(9-17)12-28/h1-3,6-8,10,13,15,17,28H,4-5,9,11-12H2,(H,23,24,25). The number of benzene rings is 1. The highest BCUT2D eigenvalue weighted by atomic mass is 79.9. The number of aromatic nitrogens is 4. The highest BCUT2D eigenvalue weighted by Crippen LogP contribution is 2.28. The Labute approximate surface area is 177 Å². The van der Waals surface area contributed by atoms with Crippen LogP contribution in [0.1, 0.15) is 40.9 Å². The lowest BCUT2D eigenvalue weighted by atomic mass is 10.1. The van der Waals surface area contributed by atoms with E-state index < -0.39 is 0 Å². The third-order valence-electron chi connectivity index (χ3n) is 5.20. The molecule has 3 aromatic rings. The molecule has 0 aliphatic heterocycles. The van der Waals surface area contributed by atoms with Gasteiger partial charge in [-0.15, -0.1) is 0 Å². The molecule has 2 heterocycles. The first-order chi connectivity index (χ1) is 14.1. The number of rotatable bonds is 7. The molecule has 1 aromatic carbocycles. The summed E-state index contributed by atoms with van der Waals surface area (Å²) < 4.78 is 2.75. The van der Waals surface area contributed by atoms with Crippen LogP contribution in [0.5, 0.6) is 0 Å². The third-order valence-corrected chi connectivity index (χ3v) is 5.70. The average Bonchev–Trinajstić information content (AvgIpc) is 3.37. The van der Waals surface area contributed by atoms with Crippen LogP contribution in [0, 0.1) is 5.92 Å². The maximum absolute atomic E-state index is 13.0. The van der Waals surface area contributed by atoms with Crippen molar-refractivity contribution in [3.05, 3.63) is 70.3 Å². The van der Waals surface area contributed by atoms with Gasteiger partial charge in [0.2, 0.25) is 5.78 Å². The normalized spacial score (nSPS) is 18.7. The van der Waals surface area contributed by atoms with Crippen molar-refractivity contribution in [2.45, 2.75) is 31.8 Å². The molecule has 1 aliphatic carbocycles. The van der Waals surface area contributed by atoms with E-state index in [1.807, 2.05) is 24.3 Å². The van der Waals surface area contributed by atoms with Crippen LogP contribution >= 0.6 is 15.9 Å². The predicted molar refractivity (Wildman–Crippen MR) is 113 cm³/mol. The Morgan fingerprint density at radius 3 is 3.00 bits per heavy atom.